The lowest BCUT2D eigenvalue weighted by atomic mass is 10.1. The average Bonchev–Trinajstić information content (AvgIpc) is 3.93. The number of aromatic amines is 1. The van der Waals surface area contributed by atoms with Crippen LogP contribution in [0.15, 0.2) is 164 Å². The fraction of sp³-hybridized carbons (Fsp3) is 0.0222. The number of nitrogens with one attached hydrogen (secondary N) is 1. The van der Waals surface area contributed by atoms with E-state index in [0.717, 1.165) is 33.9 Å². The number of para-hydroxylation sites is 2. The van der Waals surface area contributed by atoms with Crippen molar-refractivity contribution in [2.24, 2.45) is 0 Å². The van der Waals surface area contributed by atoms with Crippen LogP contribution in [0.5, 0.6) is 0 Å². The van der Waals surface area contributed by atoms with E-state index in [1.165, 1.54) is 58.9 Å². The zero-order chi connectivity index (χ0) is 33.7. The highest BCUT2D eigenvalue weighted by atomic mass is 28.3. The van der Waals surface area contributed by atoms with Gasteiger partial charge in [-0.05, 0) is 75.2 Å². The van der Waals surface area contributed by atoms with Gasteiger partial charge in [-0.25, -0.2) is 4.98 Å². The Morgan fingerprint density at radius 1 is 0.471 bits per heavy atom. The quantitative estimate of drug-likeness (QED) is 0.196. The van der Waals surface area contributed by atoms with E-state index in [9.17, 15) is 0 Å². The second kappa shape index (κ2) is 10.5. The van der Waals surface area contributed by atoms with Crippen molar-refractivity contribution in [3.05, 3.63) is 170 Å². The number of benzene rings is 6. The molecule has 240 valence electrons. The van der Waals surface area contributed by atoms with Gasteiger partial charge in [0.1, 0.15) is 5.82 Å². The monoisotopic (exact) mass is 669 g/mol. The van der Waals surface area contributed by atoms with E-state index in [4.69, 9.17) is 10.1 Å². The first-order valence-corrected chi connectivity index (χ1v) is 19.4. The maximum absolute atomic E-state index is 4.85. The van der Waals surface area contributed by atoms with E-state index >= 15 is 0 Å². The Hall–Kier alpha value is -6.50. The van der Waals surface area contributed by atoms with E-state index in [-0.39, 0.29) is 0 Å². The summed E-state index contributed by atoms with van der Waals surface area (Å²) in [6.07, 6.45) is 1.88. The summed E-state index contributed by atoms with van der Waals surface area (Å²) in [4.78, 5) is 4.85. The van der Waals surface area contributed by atoms with E-state index in [1.54, 1.807) is 0 Å². The first kappa shape index (κ1) is 28.3. The second-order valence-corrected chi connectivity index (χ2v) is 17.3. The van der Waals surface area contributed by atoms with Gasteiger partial charge in [0, 0.05) is 39.5 Å². The van der Waals surface area contributed by atoms with Crippen LogP contribution in [0, 0.1) is 6.92 Å². The molecule has 0 bridgehead atoms. The van der Waals surface area contributed by atoms with Crippen molar-refractivity contribution in [3.63, 3.8) is 0 Å². The van der Waals surface area contributed by atoms with Gasteiger partial charge >= 0.3 is 0 Å². The van der Waals surface area contributed by atoms with Crippen LogP contribution in [0.2, 0.25) is 0 Å². The van der Waals surface area contributed by atoms with Crippen LogP contribution in [0.3, 0.4) is 0 Å². The van der Waals surface area contributed by atoms with Crippen molar-refractivity contribution in [1.29, 1.82) is 0 Å². The second-order valence-electron chi connectivity index (χ2n) is 13.6. The molecule has 11 rings (SSSR count). The molecule has 0 atom stereocenters. The highest BCUT2D eigenvalue weighted by Crippen LogP contribution is 2.35. The van der Waals surface area contributed by atoms with Gasteiger partial charge in [0.05, 0.1) is 22.1 Å². The molecule has 6 aromatic carbocycles. The fourth-order valence-corrected chi connectivity index (χ4v) is 14.1. The summed E-state index contributed by atoms with van der Waals surface area (Å²) in [5.41, 5.74) is 8.34. The molecule has 1 aliphatic rings. The minimum atomic E-state index is -2.88. The van der Waals surface area contributed by atoms with Crippen LogP contribution >= 0.6 is 0 Å². The van der Waals surface area contributed by atoms with Gasteiger partial charge in [-0.2, -0.15) is 5.10 Å². The standard InChI is InChI=1S/C45H31N5Si/c1-29-26-45(48-47-29)50-39-17-7-3-13-33(39)35-24-22-31(28-41(35)50)51(42-18-8-4-14-36(42)37-15-5-9-19-43(37)51)30-21-23-34-32-12-2-6-16-38(32)49(40(34)27-30)44-20-10-11-25-46-44/h2-28H,1H3,(H,47,48). The minimum Gasteiger partial charge on any atom is -0.294 e. The molecule has 0 spiro atoms. The summed E-state index contributed by atoms with van der Waals surface area (Å²) in [7, 11) is -2.88. The molecule has 1 aliphatic heterocycles. The molecule has 0 fully saturated rings. The van der Waals surface area contributed by atoms with Gasteiger partial charge in [-0.15, -0.1) is 0 Å². The summed E-state index contributed by atoms with van der Waals surface area (Å²) < 4.78 is 4.67. The summed E-state index contributed by atoms with van der Waals surface area (Å²) in [5.74, 6) is 1.82. The van der Waals surface area contributed by atoms with Gasteiger partial charge in [0.25, 0.3) is 0 Å². The number of pyridine rings is 1. The predicted octanol–water partition coefficient (Wildman–Crippen LogP) is 7.67. The molecule has 6 heteroatoms. The lowest BCUT2D eigenvalue weighted by Gasteiger charge is -2.31. The van der Waals surface area contributed by atoms with Crippen LogP contribution in [0.1, 0.15) is 5.69 Å². The van der Waals surface area contributed by atoms with Crippen LogP contribution in [-0.2, 0) is 0 Å². The predicted molar refractivity (Wildman–Crippen MR) is 212 cm³/mol. The summed E-state index contributed by atoms with van der Waals surface area (Å²) >= 11 is 0. The third-order valence-electron chi connectivity index (χ3n) is 11.0. The lowest BCUT2D eigenvalue weighted by Crippen LogP contribution is -2.72. The summed E-state index contributed by atoms with van der Waals surface area (Å²) in [6, 6.07) is 58.4. The van der Waals surface area contributed by atoms with Crippen molar-refractivity contribution in [3.8, 4) is 22.8 Å². The van der Waals surface area contributed by atoms with Gasteiger partial charge in [0.15, 0.2) is 13.9 Å². The van der Waals surface area contributed by atoms with E-state index in [1.807, 2.05) is 12.3 Å². The zero-order valence-corrected chi connectivity index (χ0v) is 28.9. The zero-order valence-electron chi connectivity index (χ0n) is 27.9. The maximum Gasteiger partial charge on any atom is 0.181 e. The van der Waals surface area contributed by atoms with Crippen molar-refractivity contribution in [2.45, 2.75) is 6.92 Å². The first-order chi connectivity index (χ1) is 25.2. The topological polar surface area (TPSA) is 51.4 Å². The van der Waals surface area contributed by atoms with Crippen molar-refractivity contribution < 1.29 is 0 Å². The van der Waals surface area contributed by atoms with Crippen LogP contribution in [0.4, 0.5) is 0 Å². The number of aromatic nitrogens is 5. The molecule has 0 unspecified atom stereocenters. The largest absolute Gasteiger partial charge is 0.294 e. The molecule has 0 saturated heterocycles. The van der Waals surface area contributed by atoms with Crippen LogP contribution in [0.25, 0.3) is 66.4 Å². The Kier molecular flexibility index (Phi) is 5.84. The maximum atomic E-state index is 4.85. The molecule has 0 amide bonds. The molecule has 5 nitrogen and oxygen atoms in total. The SMILES string of the molecule is Cc1cc(-n2c3ccccc3c3ccc([Si]4(c5ccc6c7ccccc7n(-c7ccccn7)c6c5)c5ccccc5-c5ccccc54)cc32)n[nH]1. The molecule has 10 aromatic rings. The van der Waals surface area contributed by atoms with E-state index < -0.39 is 8.07 Å². The van der Waals surface area contributed by atoms with Gasteiger partial charge in [-0.1, -0.05) is 115 Å². The molecule has 1 N–H and O–H groups in total. The molecular weight excluding hydrogens is 639 g/mol. The van der Waals surface area contributed by atoms with E-state index in [0.29, 0.717) is 0 Å². The van der Waals surface area contributed by atoms with Gasteiger partial charge in [0.2, 0.25) is 0 Å². The smallest absolute Gasteiger partial charge is 0.181 e. The van der Waals surface area contributed by atoms with E-state index in [2.05, 4.69) is 173 Å². The number of hydrogen-bond donors (Lipinski definition) is 1. The third-order valence-corrected chi connectivity index (χ3v) is 15.8. The number of nitrogens with zero attached hydrogens (tertiary/aromatic N) is 4. The normalized spacial score (nSPS) is 13.4. The van der Waals surface area contributed by atoms with Gasteiger partial charge in [-0.3, -0.25) is 14.2 Å². The average molecular weight is 670 g/mol. The number of H-pyrrole nitrogens is 1. The van der Waals surface area contributed by atoms with Gasteiger partial charge < -0.3 is 0 Å². The first-order valence-electron chi connectivity index (χ1n) is 17.4. The molecule has 51 heavy (non-hydrogen) atoms. The fourth-order valence-electron chi connectivity index (χ4n) is 8.93. The summed E-state index contributed by atoms with van der Waals surface area (Å²) in [6.45, 7) is 2.06. The molecule has 0 radical (unpaired) electrons. The Balaban J connectivity index is 1.29. The van der Waals surface area contributed by atoms with Crippen molar-refractivity contribution in [2.75, 3.05) is 0 Å². The Labute approximate surface area is 295 Å². The Bertz CT molecular complexity index is 2960. The van der Waals surface area contributed by atoms with Crippen LogP contribution in [-0.4, -0.2) is 32.4 Å². The molecule has 5 heterocycles. The third kappa shape index (κ3) is 3.79. The number of hydrogen-bond acceptors (Lipinski definition) is 2. The van der Waals surface area contributed by atoms with Crippen LogP contribution < -0.4 is 20.7 Å². The Morgan fingerprint density at radius 3 is 1.53 bits per heavy atom. The minimum absolute atomic E-state index is 0.903. The molecule has 0 aliphatic carbocycles. The Morgan fingerprint density at radius 2 is 0.980 bits per heavy atom. The highest BCUT2D eigenvalue weighted by molar-refractivity contribution is 7.22. The number of rotatable bonds is 4. The summed E-state index contributed by atoms with van der Waals surface area (Å²) in [5, 5.41) is 18.4. The van der Waals surface area contributed by atoms with Crippen molar-refractivity contribution in [1.82, 2.24) is 24.3 Å². The van der Waals surface area contributed by atoms with Crippen molar-refractivity contribution >= 4 is 72.4 Å². The molecule has 0 saturated carbocycles. The number of aryl methyl sites for hydroxylation is 1. The highest BCUT2D eigenvalue weighted by Gasteiger charge is 2.49. The lowest BCUT2D eigenvalue weighted by molar-refractivity contribution is 0.990. The number of fused-ring (bicyclic) bond motifs is 9. The molecule has 4 aromatic heterocycles. The molecular formula is C45H31N5Si.